The van der Waals surface area contributed by atoms with Gasteiger partial charge in [-0.2, -0.15) is 13.2 Å². The molecule has 0 saturated heterocycles. The molecule has 0 aliphatic carbocycles. The van der Waals surface area contributed by atoms with Gasteiger partial charge in [0.25, 0.3) is 0 Å². The predicted molar refractivity (Wildman–Crippen MR) is 65.1 cm³/mol. The van der Waals surface area contributed by atoms with E-state index < -0.39 is 12.7 Å². The van der Waals surface area contributed by atoms with Crippen LogP contribution in [0, 0.1) is 0 Å². The minimum absolute atomic E-state index is 0.0888. The first-order valence-corrected chi connectivity index (χ1v) is 6.34. The summed E-state index contributed by atoms with van der Waals surface area (Å²) in [6.07, 6.45) is -2.27. The molecule has 1 atom stereocenters. The molecule has 17 heavy (non-hydrogen) atoms. The van der Waals surface area contributed by atoms with E-state index in [4.69, 9.17) is 0 Å². The third-order valence-electron chi connectivity index (χ3n) is 2.74. The summed E-state index contributed by atoms with van der Waals surface area (Å²) in [6, 6.07) is 0.0498. The molecule has 0 bridgehead atoms. The minimum atomic E-state index is -4.12. The van der Waals surface area contributed by atoms with Gasteiger partial charge in [0.2, 0.25) is 0 Å². The van der Waals surface area contributed by atoms with Crippen LogP contribution >= 0.6 is 0 Å². The molecule has 0 aromatic carbocycles. The van der Waals surface area contributed by atoms with E-state index in [2.05, 4.69) is 12.2 Å². The summed E-state index contributed by atoms with van der Waals surface area (Å²) in [5, 5.41) is 3.28. The molecule has 0 fully saturated rings. The predicted octanol–water partition coefficient (Wildman–Crippen LogP) is 3.04. The molecular weight excluding hydrogens is 229 g/mol. The molecule has 0 heterocycles. The van der Waals surface area contributed by atoms with Crippen molar-refractivity contribution in [2.45, 2.75) is 58.8 Å². The fourth-order valence-electron chi connectivity index (χ4n) is 1.66. The first-order chi connectivity index (χ1) is 7.80. The van der Waals surface area contributed by atoms with Crippen molar-refractivity contribution in [1.82, 2.24) is 10.2 Å². The van der Waals surface area contributed by atoms with Crippen molar-refractivity contribution in [2.24, 2.45) is 0 Å². The average Bonchev–Trinajstić information content (AvgIpc) is 2.20. The van der Waals surface area contributed by atoms with Crippen molar-refractivity contribution in [2.75, 3.05) is 19.6 Å². The smallest absolute Gasteiger partial charge is 0.313 e. The van der Waals surface area contributed by atoms with Gasteiger partial charge >= 0.3 is 6.18 Å². The van der Waals surface area contributed by atoms with E-state index >= 15 is 0 Å². The summed E-state index contributed by atoms with van der Waals surface area (Å²) in [4.78, 5) is 1.48. The molecule has 2 nitrogen and oxygen atoms in total. The quantitative estimate of drug-likeness (QED) is 0.716. The molecule has 0 saturated carbocycles. The number of alkyl halides is 3. The number of nitrogens with zero attached hydrogens (tertiary/aromatic N) is 1. The molecular formula is C12H25F3N2. The van der Waals surface area contributed by atoms with Crippen molar-refractivity contribution in [3.63, 3.8) is 0 Å². The van der Waals surface area contributed by atoms with Crippen molar-refractivity contribution in [3.05, 3.63) is 0 Å². The average molecular weight is 254 g/mol. The Morgan fingerprint density at radius 2 is 1.76 bits per heavy atom. The Morgan fingerprint density at radius 1 is 1.18 bits per heavy atom. The van der Waals surface area contributed by atoms with E-state index in [0.29, 0.717) is 6.54 Å². The molecule has 0 aromatic heterocycles. The maximum absolute atomic E-state index is 12.4. The molecule has 5 heteroatoms. The zero-order valence-electron chi connectivity index (χ0n) is 11.3. The maximum Gasteiger partial charge on any atom is 0.401 e. The van der Waals surface area contributed by atoms with E-state index in [1.54, 1.807) is 13.8 Å². The number of hydrogen-bond acceptors (Lipinski definition) is 2. The Kier molecular flexibility index (Phi) is 7.79. The zero-order valence-corrected chi connectivity index (χ0v) is 11.3. The molecule has 1 unspecified atom stereocenters. The van der Waals surface area contributed by atoms with Crippen molar-refractivity contribution >= 4 is 0 Å². The second-order valence-electron chi connectivity index (χ2n) is 4.70. The lowest BCUT2D eigenvalue weighted by Gasteiger charge is -2.31. The summed E-state index contributed by atoms with van der Waals surface area (Å²) < 4.78 is 37.2. The first-order valence-electron chi connectivity index (χ1n) is 6.34. The number of halogens is 3. The van der Waals surface area contributed by atoms with Gasteiger partial charge in [-0.15, -0.1) is 0 Å². The van der Waals surface area contributed by atoms with Crippen molar-refractivity contribution in [3.8, 4) is 0 Å². The van der Waals surface area contributed by atoms with Gasteiger partial charge in [-0.3, -0.25) is 4.90 Å². The second kappa shape index (κ2) is 7.93. The van der Waals surface area contributed by atoms with Gasteiger partial charge in [0.15, 0.2) is 0 Å². The Bertz CT molecular complexity index is 193. The van der Waals surface area contributed by atoms with Gasteiger partial charge < -0.3 is 5.32 Å². The Balaban J connectivity index is 4.30. The molecule has 104 valence electrons. The summed E-state index contributed by atoms with van der Waals surface area (Å²) in [5.41, 5.74) is 0. The molecule has 1 N–H and O–H groups in total. The van der Waals surface area contributed by atoms with Gasteiger partial charge in [-0.25, -0.2) is 0 Å². The highest BCUT2D eigenvalue weighted by atomic mass is 19.4. The molecule has 0 radical (unpaired) electrons. The number of nitrogens with one attached hydrogen (secondary N) is 1. The summed E-state index contributed by atoms with van der Waals surface area (Å²) in [5.74, 6) is 0. The SMILES string of the molecule is CCCNC(CC)CN(CC(F)(F)F)C(C)C. The molecule has 0 amide bonds. The second-order valence-corrected chi connectivity index (χ2v) is 4.70. The van der Waals surface area contributed by atoms with E-state index in [1.807, 2.05) is 6.92 Å². The number of hydrogen-bond donors (Lipinski definition) is 1. The van der Waals surface area contributed by atoms with E-state index in [9.17, 15) is 13.2 Å². The highest BCUT2D eigenvalue weighted by molar-refractivity contribution is 4.75. The third kappa shape index (κ3) is 8.44. The van der Waals surface area contributed by atoms with Crippen LogP contribution in [0.3, 0.4) is 0 Å². The van der Waals surface area contributed by atoms with Gasteiger partial charge in [-0.1, -0.05) is 13.8 Å². The van der Waals surface area contributed by atoms with Gasteiger partial charge in [-0.05, 0) is 33.2 Å². The summed E-state index contributed by atoms with van der Waals surface area (Å²) in [6.45, 7) is 8.14. The van der Waals surface area contributed by atoms with E-state index in [1.165, 1.54) is 4.90 Å². The molecule has 0 aliphatic rings. The standard InChI is InChI=1S/C12H25F3N2/c1-5-7-16-11(6-2)8-17(10(3)4)9-12(13,14)15/h10-11,16H,5-9H2,1-4H3. The van der Waals surface area contributed by atoms with Crippen LogP contribution in [-0.2, 0) is 0 Å². The van der Waals surface area contributed by atoms with Crippen LogP contribution in [0.25, 0.3) is 0 Å². The maximum atomic E-state index is 12.4. The number of rotatable bonds is 8. The molecule has 0 rings (SSSR count). The van der Waals surface area contributed by atoms with Crippen LogP contribution in [0.4, 0.5) is 13.2 Å². The lowest BCUT2D eigenvalue weighted by molar-refractivity contribution is -0.150. The van der Waals surface area contributed by atoms with Crippen LogP contribution in [0.1, 0.15) is 40.5 Å². The minimum Gasteiger partial charge on any atom is -0.313 e. The highest BCUT2D eigenvalue weighted by Gasteiger charge is 2.32. The highest BCUT2D eigenvalue weighted by Crippen LogP contribution is 2.18. The largest absolute Gasteiger partial charge is 0.401 e. The van der Waals surface area contributed by atoms with E-state index in [0.717, 1.165) is 19.4 Å². The molecule has 0 aliphatic heterocycles. The monoisotopic (exact) mass is 254 g/mol. The van der Waals surface area contributed by atoms with Gasteiger partial charge in [0.05, 0.1) is 6.54 Å². The van der Waals surface area contributed by atoms with Gasteiger partial charge in [0, 0.05) is 18.6 Å². The van der Waals surface area contributed by atoms with Crippen LogP contribution in [0.5, 0.6) is 0 Å². The van der Waals surface area contributed by atoms with Gasteiger partial charge in [0.1, 0.15) is 0 Å². The Hall–Kier alpha value is -0.290. The molecule has 0 spiro atoms. The lowest BCUT2D eigenvalue weighted by Crippen LogP contribution is -2.47. The van der Waals surface area contributed by atoms with Crippen molar-refractivity contribution in [1.29, 1.82) is 0 Å². The lowest BCUT2D eigenvalue weighted by atomic mass is 10.1. The fourth-order valence-corrected chi connectivity index (χ4v) is 1.66. The summed E-state index contributed by atoms with van der Waals surface area (Å²) in [7, 11) is 0. The Labute approximate surface area is 103 Å². The topological polar surface area (TPSA) is 15.3 Å². The van der Waals surface area contributed by atoms with Crippen molar-refractivity contribution < 1.29 is 13.2 Å². The Morgan fingerprint density at radius 3 is 2.12 bits per heavy atom. The van der Waals surface area contributed by atoms with Crippen LogP contribution in [0.2, 0.25) is 0 Å². The molecule has 0 aromatic rings. The van der Waals surface area contributed by atoms with Crippen LogP contribution < -0.4 is 5.32 Å². The zero-order chi connectivity index (χ0) is 13.5. The fraction of sp³-hybridized carbons (Fsp3) is 1.00. The summed E-state index contributed by atoms with van der Waals surface area (Å²) >= 11 is 0. The first kappa shape index (κ1) is 16.7. The normalized spacial score (nSPS) is 14.6. The van der Waals surface area contributed by atoms with E-state index in [-0.39, 0.29) is 12.1 Å². The van der Waals surface area contributed by atoms with Crippen LogP contribution in [0.15, 0.2) is 0 Å². The van der Waals surface area contributed by atoms with Crippen LogP contribution in [-0.4, -0.2) is 42.8 Å². The third-order valence-corrected chi connectivity index (χ3v) is 2.74.